The van der Waals surface area contributed by atoms with Crippen LogP contribution in [0.4, 0.5) is 0 Å². The van der Waals surface area contributed by atoms with Crippen LogP contribution in [0.1, 0.15) is 33.9 Å². The van der Waals surface area contributed by atoms with Crippen molar-refractivity contribution < 1.29 is 4.42 Å². The van der Waals surface area contributed by atoms with E-state index in [0.717, 1.165) is 78.6 Å². The van der Waals surface area contributed by atoms with Crippen LogP contribution in [0.15, 0.2) is 40.8 Å². The summed E-state index contributed by atoms with van der Waals surface area (Å²) >= 11 is 0. The number of aryl methyl sites for hydroxylation is 4. The Bertz CT molecular complexity index is 1450. The van der Waals surface area contributed by atoms with Crippen LogP contribution < -0.4 is 0 Å². The topological polar surface area (TPSA) is 64.7 Å². The molecule has 0 radical (unpaired) electrons. The molecule has 5 rings (SSSR count). The molecule has 3 heterocycles. The van der Waals surface area contributed by atoms with Gasteiger partial charge in [0.05, 0.1) is 0 Å². The lowest BCUT2D eigenvalue weighted by Crippen LogP contribution is -1.99. The Hall–Kier alpha value is -3.60. The van der Waals surface area contributed by atoms with E-state index in [1.807, 2.05) is 45.9 Å². The van der Waals surface area contributed by atoms with Crippen molar-refractivity contribution in [2.45, 2.75) is 41.5 Å². The van der Waals surface area contributed by atoms with Gasteiger partial charge in [0, 0.05) is 44.7 Å². The van der Waals surface area contributed by atoms with Crippen molar-refractivity contribution in [3.8, 4) is 22.8 Å². The Balaban J connectivity index is 1.64. The molecule has 5 aromatic rings. The first-order valence-electron chi connectivity index (χ1n) is 10.4. The molecule has 0 amide bonds. The highest BCUT2D eigenvalue weighted by Gasteiger charge is 2.14. The fraction of sp³-hybridized carbons (Fsp3) is 0.231. The van der Waals surface area contributed by atoms with Crippen LogP contribution in [-0.2, 0) is 0 Å². The highest BCUT2D eigenvalue weighted by Crippen LogP contribution is 2.34. The van der Waals surface area contributed by atoms with Gasteiger partial charge in [0.25, 0.3) is 0 Å². The van der Waals surface area contributed by atoms with Crippen molar-refractivity contribution in [3.63, 3.8) is 0 Å². The standard InChI is InChI=1S/C26H24N4O/c1-13-15(3)27-25(28-16(13)4)19-8-10-23-22(11-19)21-9-7-20(12-24(21)31-23)26-29-17(5)14(2)18(6)30-26/h7-12H,1-6H3. The highest BCUT2D eigenvalue weighted by molar-refractivity contribution is 6.07. The van der Waals surface area contributed by atoms with Crippen LogP contribution in [0.3, 0.4) is 0 Å². The molecule has 5 nitrogen and oxygen atoms in total. The molecule has 2 aromatic carbocycles. The zero-order chi connectivity index (χ0) is 21.9. The summed E-state index contributed by atoms with van der Waals surface area (Å²) in [6.07, 6.45) is 0. The van der Waals surface area contributed by atoms with E-state index < -0.39 is 0 Å². The van der Waals surface area contributed by atoms with E-state index in [4.69, 9.17) is 14.4 Å². The molecule has 0 bridgehead atoms. The van der Waals surface area contributed by atoms with Gasteiger partial charge in [-0.3, -0.25) is 0 Å². The molecule has 0 aliphatic rings. The molecule has 0 atom stereocenters. The predicted octanol–water partition coefficient (Wildman–Crippen LogP) is 6.35. The minimum absolute atomic E-state index is 0.725. The quantitative estimate of drug-likeness (QED) is 0.340. The van der Waals surface area contributed by atoms with Crippen molar-refractivity contribution in [3.05, 3.63) is 70.3 Å². The van der Waals surface area contributed by atoms with Crippen molar-refractivity contribution in [2.75, 3.05) is 0 Å². The molecule has 31 heavy (non-hydrogen) atoms. The molecular weight excluding hydrogens is 384 g/mol. The summed E-state index contributed by atoms with van der Waals surface area (Å²) in [6.45, 7) is 12.2. The summed E-state index contributed by atoms with van der Waals surface area (Å²) in [5, 5.41) is 2.11. The second-order valence-corrected chi connectivity index (χ2v) is 8.21. The summed E-state index contributed by atoms with van der Waals surface area (Å²) in [5.41, 5.74) is 9.88. The van der Waals surface area contributed by atoms with E-state index in [9.17, 15) is 0 Å². The minimum atomic E-state index is 0.725. The zero-order valence-corrected chi connectivity index (χ0v) is 18.7. The number of hydrogen-bond donors (Lipinski definition) is 0. The largest absolute Gasteiger partial charge is 0.456 e. The lowest BCUT2D eigenvalue weighted by atomic mass is 10.1. The maximum Gasteiger partial charge on any atom is 0.159 e. The van der Waals surface area contributed by atoms with Gasteiger partial charge < -0.3 is 4.42 Å². The molecule has 0 fully saturated rings. The molecule has 154 valence electrons. The third-order valence-corrected chi connectivity index (χ3v) is 6.25. The first-order valence-corrected chi connectivity index (χ1v) is 10.4. The van der Waals surface area contributed by atoms with Crippen molar-refractivity contribution in [1.82, 2.24) is 19.9 Å². The maximum absolute atomic E-state index is 6.16. The fourth-order valence-electron chi connectivity index (χ4n) is 3.86. The molecule has 0 saturated carbocycles. The number of fused-ring (bicyclic) bond motifs is 3. The smallest absolute Gasteiger partial charge is 0.159 e. The highest BCUT2D eigenvalue weighted by atomic mass is 16.3. The van der Waals surface area contributed by atoms with Crippen LogP contribution in [0, 0.1) is 41.5 Å². The molecule has 0 spiro atoms. The van der Waals surface area contributed by atoms with Crippen LogP contribution >= 0.6 is 0 Å². The summed E-state index contributed by atoms with van der Waals surface area (Å²) < 4.78 is 6.16. The Morgan fingerprint density at radius 1 is 0.516 bits per heavy atom. The summed E-state index contributed by atoms with van der Waals surface area (Å²) in [4.78, 5) is 18.7. The van der Waals surface area contributed by atoms with Crippen molar-refractivity contribution >= 4 is 21.9 Å². The van der Waals surface area contributed by atoms with Crippen LogP contribution in [0.25, 0.3) is 44.7 Å². The normalized spacial score (nSPS) is 11.5. The first kappa shape index (κ1) is 19.4. The van der Waals surface area contributed by atoms with E-state index in [1.54, 1.807) is 0 Å². The molecule has 0 aliphatic heterocycles. The van der Waals surface area contributed by atoms with Crippen molar-refractivity contribution in [1.29, 1.82) is 0 Å². The Morgan fingerprint density at radius 3 is 1.55 bits per heavy atom. The van der Waals surface area contributed by atoms with Crippen LogP contribution in [0.5, 0.6) is 0 Å². The van der Waals surface area contributed by atoms with E-state index in [0.29, 0.717) is 0 Å². The number of aromatic nitrogens is 4. The van der Waals surface area contributed by atoms with Gasteiger partial charge in [-0.05, 0) is 83.0 Å². The zero-order valence-electron chi connectivity index (χ0n) is 18.7. The molecule has 0 saturated heterocycles. The average molecular weight is 409 g/mol. The van der Waals surface area contributed by atoms with Gasteiger partial charge in [0.1, 0.15) is 11.2 Å². The van der Waals surface area contributed by atoms with Gasteiger partial charge in [0.2, 0.25) is 0 Å². The molecule has 5 heteroatoms. The van der Waals surface area contributed by atoms with Gasteiger partial charge in [0.15, 0.2) is 11.6 Å². The third-order valence-electron chi connectivity index (χ3n) is 6.25. The third kappa shape index (κ3) is 3.17. The van der Waals surface area contributed by atoms with E-state index in [2.05, 4.69) is 42.0 Å². The number of furan rings is 1. The number of nitrogens with zero attached hydrogens (tertiary/aromatic N) is 4. The Kier molecular flexibility index (Phi) is 4.36. The second kappa shape index (κ2) is 6.98. The van der Waals surface area contributed by atoms with Crippen LogP contribution in [0.2, 0.25) is 0 Å². The Morgan fingerprint density at radius 2 is 1.00 bits per heavy atom. The Labute approximate surface area is 181 Å². The van der Waals surface area contributed by atoms with E-state index >= 15 is 0 Å². The van der Waals surface area contributed by atoms with Gasteiger partial charge in [-0.25, -0.2) is 19.9 Å². The monoisotopic (exact) mass is 408 g/mol. The van der Waals surface area contributed by atoms with E-state index in [1.165, 1.54) is 0 Å². The molecule has 3 aromatic heterocycles. The summed E-state index contributed by atoms with van der Waals surface area (Å²) in [5.74, 6) is 1.47. The summed E-state index contributed by atoms with van der Waals surface area (Å²) in [6, 6.07) is 12.3. The maximum atomic E-state index is 6.16. The lowest BCUT2D eigenvalue weighted by molar-refractivity contribution is 0.669. The lowest BCUT2D eigenvalue weighted by Gasteiger charge is -2.07. The second-order valence-electron chi connectivity index (χ2n) is 8.21. The first-order chi connectivity index (χ1) is 14.8. The number of rotatable bonds is 2. The fourth-order valence-corrected chi connectivity index (χ4v) is 3.86. The predicted molar refractivity (Wildman–Crippen MR) is 124 cm³/mol. The van der Waals surface area contributed by atoms with Gasteiger partial charge in [-0.1, -0.05) is 6.07 Å². The molecule has 0 N–H and O–H groups in total. The number of benzene rings is 2. The van der Waals surface area contributed by atoms with Gasteiger partial charge >= 0.3 is 0 Å². The van der Waals surface area contributed by atoms with Gasteiger partial charge in [-0.2, -0.15) is 0 Å². The minimum Gasteiger partial charge on any atom is -0.456 e. The SMILES string of the molecule is Cc1nc(-c2ccc3c(c2)oc2ccc(-c4nc(C)c(C)c(C)n4)cc23)nc(C)c1C. The molecule has 0 unspecified atom stereocenters. The molecule has 0 aliphatic carbocycles. The average Bonchev–Trinajstić information content (AvgIpc) is 3.12. The van der Waals surface area contributed by atoms with Crippen LogP contribution in [-0.4, -0.2) is 19.9 Å². The molecular formula is C26H24N4O. The number of hydrogen-bond acceptors (Lipinski definition) is 5. The van der Waals surface area contributed by atoms with E-state index in [-0.39, 0.29) is 0 Å². The summed E-state index contributed by atoms with van der Waals surface area (Å²) in [7, 11) is 0. The van der Waals surface area contributed by atoms with Crippen molar-refractivity contribution in [2.24, 2.45) is 0 Å². The van der Waals surface area contributed by atoms with Gasteiger partial charge in [-0.15, -0.1) is 0 Å².